The molecule has 1 amide bonds. The summed E-state index contributed by atoms with van der Waals surface area (Å²) in [5.41, 5.74) is 6.33. The highest BCUT2D eigenvalue weighted by atomic mass is 32.1. The molecular formula is C12H18N4OS. The Balaban J connectivity index is 1.73. The van der Waals surface area contributed by atoms with E-state index in [-0.39, 0.29) is 5.91 Å². The number of anilines is 2. The summed E-state index contributed by atoms with van der Waals surface area (Å²) >= 11 is 1.28. The van der Waals surface area contributed by atoms with E-state index in [2.05, 4.69) is 21.9 Å². The lowest BCUT2D eigenvalue weighted by atomic mass is 10.2. The molecule has 2 fully saturated rings. The molecule has 6 heteroatoms. The fraction of sp³-hybridized carbons (Fsp3) is 0.667. The summed E-state index contributed by atoms with van der Waals surface area (Å²) in [6.45, 7) is 2.15. The minimum Gasteiger partial charge on any atom is -0.382 e. The summed E-state index contributed by atoms with van der Waals surface area (Å²) < 4.78 is 4.09. The van der Waals surface area contributed by atoms with Crippen LogP contribution in [0.3, 0.4) is 0 Å². The molecule has 1 unspecified atom stereocenters. The summed E-state index contributed by atoms with van der Waals surface area (Å²) in [6.07, 6.45) is 4.69. The van der Waals surface area contributed by atoms with Gasteiger partial charge in [0.15, 0.2) is 5.82 Å². The molecule has 98 valence electrons. The number of aromatic nitrogens is 1. The highest BCUT2D eigenvalue weighted by Crippen LogP contribution is 2.36. The third kappa shape index (κ3) is 2.43. The molecule has 0 aliphatic heterocycles. The van der Waals surface area contributed by atoms with E-state index in [1.807, 2.05) is 0 Å². The van der Waals surface area contributed by atoms with Gasteiger partial charge in [-0.1, -0.05) is 0 Å². The van der Waals surface area contributed by atoms with Crippen LogP contribution in [0.1, 0.15) is 43.0 Å². The minimum absolute atomic E-state index is 0.0887. The number of nitrogen functional groups attached to an aromatic ring is 1. The van der Waals surface area contributed by atoms with Crippen molar-refractivity contribution in [3.8, 4) is 0 Å². The molecule has 3 rings (SSSR count). The number of nitrogens with one attached hydrogen (secondary N) is 2. The first-order valence-electron chi connectivity index (χ1n) is 6.47. The molecule has 1 heterocycles. The van der Waals surface area contributed by atoms with Gasteiger partial charge in [0.05, 0.1) is 0 Å². The molecule has 2 saturated carbocycles. The zero-order valence-corrected chi connectivity index (χ0v) is 11.2. The molecule has 0 saturated heterocycles. The summed E-state index contributed by atoms with van der Waals surface area (Å²) in [6, 6.07) is 0.725. The Morgan fingerprint density at radius 2 is 2.17 bits per heavy atom. The Morgan fingerprint density at radius 1 is 1.44 bits per heavy atom. The van der Waals surface area contributed by atoms with Crippen molar-refractivity contribution in [2.24, 2.45) is 5.92 Å². The molecule has 0 aromatic carbocycles. The van der Waals surface area contributed by atoms with Crippen LogP contribution in [0, 0.1) is 5.92 Å². The predicted molar refractivity (Wildman–Crippen MR) is 72.8 cm³/mol. The van der Waals surface area contributed by atoms with Gasteiger partial charge in [-0.25, -0.2) is 0 Å². The highest BCUT2D eigenvalue weighted by Gasteiger charge is 2.31. The maximum absolute atomic E-state index is 12.1. The second kappa shape index (κ2) is 4.42. The Hall–Kier alpha value is -1.30. The van der Waals surface area contributed by atoms with Gasteiger partial charge < -0.3 is 16.4 Å². The first kappa shape index (κ1) is 11.8. The van der Waals surface area contributed by atoms with Crippen LogP contribution in [-0.2, 0) is 0 Å². The smallest absolute Gasteiger partial charge is 0.258 e. The van der Waals surface area contributed by atoms with Crippen molar-refractivity contribution in [1.29, 1.82) is 0 Å². The van der Waals surface area contributed by atoms with E-state index >= 15 is 0 Å². The summed E-state index contributed by atoms with van der Waals surface area (Å²) in [5.74, 6) is 0.977. The predicted octanol–water partition coefficient (Wildman–Crippen LogP) is 1.83. The van der Waals surface area contributed by atoms with Gasteiger partial charge in [-0.2, -0.15) is 4.37 Å². The van der Waals surface area contributed by atoms with Gasteiger partial charge in [0.1, 0.15) is 10.6 Å². The van der Waals surface area contributed by atoms with Crippen molar-refractivity contribution in [2.45, 2.75) is 44.7 Å². The van der Waals surface area contributed by atoms with Gasteiger partial charge in [-0.05, 0) is 50.1 Å². The van der Waals surface area contributed by atoms with Crippen molar-refractivity contribution in [2.75, 3.05) is 11.1 Å². The maximum Gasteiger partial charge on any atom is 0.258 e. The maximum atomic E-state index is 12.1. The fourth-order valence-corrected chi connectivity index (χ4v) is 2.83. The van der Waals surface area contributed by atoms with Crippen molar-refractivity contribution < 1.29 is 4.79 Å². The largest absolute Gasteiger partial charge is 0.382 e. The van der Waals surface area contributed by atoms with Gasteiger partial charge in [0.25, 0.3) is 5.91 Å². The molecule has 2 aliphatic carbocycles. The molecule has 1 aromatic heterocycles. The lowest BCUT2D eigenvalue weighted by molar-refractivity contribution is 0.0953. The van der Waals surface area contributed by atoms with Gasteiger partial charge in [0, 0.05) is 12.1 Å². The Morgan fingerprint density at radius 3 is 2.78 bits per heavy atom. The van der Waals surface area contributed by atoms with Crippen LogP contribution in [0.4, 0.5) is 10.8 Å². The van der Waals surface area contributed by atoms with Crippen LogP contribution in [0.5, 0.6) is 0 Å². The van der Waals surface area contributed by atoms with E-state index in [9.17, 15) is 4.79 Å². The third-order valence-corrected chi connectivity index (χ3v) is 4.34. The molecule has 18 heavy (non-hydrogen) atoms. The Bertz CT molecular complexity index is 465. The first-order chi connectivity index (χ1) is 8.65. The molecule has 0 radical (unpaired) electrons. The molecule has 4 N–H and O–H groups in total. The number of carbonyl (C=O) groups is 1. The minimum atomic E-state index is -0.0887. The standard InChI is InChI=1S/C12H18N4OS/c1-6(7-2-3-7)14-12-9(10(13)16-18-12)11(17)15-8-4-5-8/h6-8,14H,2-5H2,1H3,(H2,13,16)(H,15,17). The molecule has 2 aliphatic rings. The number of nitrogens with zero attached hydrogens (tertiary/aromatic N) is 1. The lowest BCUT2D eigenvalue weighted by Gasteiger charge is -2.13. The van der Waals surface area contributed by atoms with Gasteiger partial charge in [-0.15, -0.1) is 0 Å². The highest BCUT2D eigenvalue weighted by molar-refractivity contribution is 7.11. The average molecular weight is 266 g/mol. The molecule has 0 spiro atoms. The number of nitrogens with two attached hydrogens (primary N) is 1. The second-order valence-electron chi connectivity index (χ2n) is 5.29. The summed E-state index contributed by atoms with van der Waals surface area (Å²) in [5, 5.41) is 7.16. The quantitative estimate of drug-likeness (QED) is 0.759. The summed E-state index contributed by atoms with van der Waals surface area (Å²) in [7, 11) is 0. The van der Waals surface area contributed by atoms with Crippen LogP contribution < -0.4 is 16.4 Å². The van der Waals surface area contributed by atoms with E-state index in [0.29, 0.717) is 23.5 Å². The number of rotatable bonds is 5. The molecule has 1 atom stereocenters. The van der Waals surface area contributed by atoms with Crippen molar-refractivity contribution in [1.82, 2.24) is 9.69 Å². The first-order valence-corrected chi connectivity index (χ1v) is 7.25. The number of hydrogen-bond donors (Lipinski definition) is 3. The van der Waals surface area contributed by atoms with E-state index in [1.54, 1.807) is 0 Å². The monoisotopic (exact) mass is 266 g/mol. The van der Waals surface area contributed by atoms with Crippen LogP contribution in [0.25, 0.3) is 0 Å². The third-order valence-electron chi connectivity index (χ3n) is 3.55. The van der Waals surface area contributed by atoms with Crippen molar-refractivity contribution >= 4 is 28.3 Å². The SMILES string of the molecule is CC(Nc1snc(N)c1C(=O)NC1CC1)C1CC1. The van der Waals surface area contributed by atoms with E-state index in [1.165, 1.54) is 24.4 Å². The van der Waals surface area contributed by atoms with E-state index in [4.69, 9.17) is 5.73 Å². The van der Waals surface area contributed by atoms with Crippen LogP contribution in [0.15, 0.2) is 0 Å². The van der Waals surface area contributed by atoms with E-state index < -0.39 is 0 Å². The number of hydrogen-bond acceptors (Lipinski definition) is 5. The molecule has 1 aromatic rings. The zero-order chi connectivity index (χ0) is 12.7. The zero-order valence-electron chi connectivity index (χ0n) is 10.4. The number of amides is 1. The topological polar surface area (TPSA) is 80.0 Å². The van der Waals surface area contributed by atoms with Crippen LogP contribution in [-0.4, -0.2) is 22.4 Å². The fourth-order valence-electron chi connectivity index (χ4n) is 2.03. The Labute approximate surface area is 110 Å². The van der Waals surface area contributed by atoms with Crippen LogP contribution in [0.2, 0.25) is 0 Å². The van der Waals surface area contributed by atoms with Crippen LogP contribution >= 0.6 is 11.5 Å². The molecular weight excluding hydrogens is 248 g/mol. The van der Waals surface area contributed by atoms with Crippen molar-refractivity contribution in [3.63, 3.8) is 0 Å². The summed E-state index contributed by atoms with van der Waals surface area (Å²) in [4.78, 5) is 12.1. The normalized spacial score (nSPS) is 20.5. The average Bonchev–Trinajstić information content (AvgIpc) is 3.20. The van der Waals surface area contributed by atoms with Gasteiger partial charge >= 0.3 is 0 Å². The lowest BCUT2D eigenvalue weighted by Crippen LogP contribution is -2.27. The van der Waals surface area contributed by atoms with Crippen molar-refractivity contribution in [3.05, 3.63) is 5.56 Å². The Kier molecular flexibility index (Phi) is 2.89. The molecule has 0 bridgehead atoms. The van der Waals surface area contributed by atoms with Gasteiger partial charge in [0.2, 0.25) is 0 Å². The van der Waals surface area contributed by atoms with Gasteiger partial charge in [-0.3, -0.25) is 4.79 Å². The van der Waals surface area contributed by atoms with E-state index in [0.717, 1.165) is 23.8 Å². The molecule has 5 nitrogen and oxygen atoms in total. The number of carbonyl (C=O) groups excluding carboxylic acids is 1. The second-order valence-corrected chi connectivity index (χ2v) is 6.06.